The van der Waals surface area contributed by atoms with Crippen LogP contribution < -0.4 is 0 Å². The number of likely N-dealkylation sites (N-methyl/N-ethyl adjacent to an activating group) is 1. The van der Waals surface area contributed by atoms with Gasteiger partial charge in [-0.25, -0.2) is 0 Å². The van der Waals surface area contributed by atoms with E-state index in [-0.39, 0.29) is 12.4 Å². The summed E-state index contributed by atoms with van der Waals surface area (Å²) in [5.74, 6) is 0. The minimum atomic E-state index is 0. The lowest BCUT2D eigenvalue weighted by molar-refractivity contribution is 0.110. The Morgan fingerprint density at radius 1 is 0.870 bits per heavy atom. The zero-order chi connectivity index (χ0) is 14.9. The first kappa shape index (κ1) is 16.8. The first-order chi connectivity index (χ1) is 10.8. The van der Waals surface area contributed by atoms with Crippen molar-refractivity contribution in [2.24, 2.45) is 0 Å². The number of rotatable bonds is 1. The van der Waals surface area contributed by atoms with Crippen molar-refractivity contribution in [1.29, 1.82) is 0 Å². The molecular weight excluding hydrogens is 324 g/mol. The maximum atomic E-state index is 2.68. The van der Waals surface area contributed by atoms with Gasteiger partial charge in [0, 0.05) is 42.0 Å². The number of piperazine rings is 1. The highest BCUT2D eigenvalue weighted by Crippen LogP contribution is 2.42. The largest absolute Gasteiger partial charge is 0.304 e. The molecule has 0 amide bonds. The van der Waals surface area contributed by atoms with Gasteiger partial charge < -0.3 is 4.90 Å². The molecule has 4 rings (SSSR count). The smallest absolute Gasteiger partial charge is 0.0401 e. The molecule has 2 nitrogen and oxygen atoms in total. The second kappa shape index (κ2) is 7.27. The van der Waals surface area contributed by atoms with Crippen molar-refractivity contribution in [3.63, 3.8) is 0 Å². The molecular formula is C19H23ClN2S. The normalized spacial score (nSPS) is 21.7. The maximum Gasteiger partial charge on any atom is 0.0401 e. The zero-order valence-corrected chi connectivity index (χ0v) is 15.1. The van der Waals surface area contributed by atoms with Crippen LogP contribution in [0.4, 0.5) is 0 Å². The predicted molar refractivity (Wildman–Crippen MR) is 99.8 cm³/mol. The van der Waals surface area contributed by atoms with Crippen LogP contribution in [0.1, 0.15) is 17.2 Å². The van der Waals surface area contributed by atoms with E-state index in [1.807, 2.05) is 11.8 Å². The molecule has 122 valence electrons. The highest BCUT2D eigenvalue weighted by molar-refractivity contribution is 7.99. The number of hydrogen-bond acceptors (Lipinski definition) is 3. The molecule has 23 heavy (non-hydrogen) atoms. The Balaban J connectivity index is 0.00000156. The first-order valence-electron chi connectivity index (χ1n) is 8.08. The summed E-state index contributed by atoms with van der Waals surface area (Å²) in [6.45, 7) is 4.69. The third kappa shape index (κ3) is 3.43. The van der Waals surface area contributed by atoms with E-state index < -0.39 is 0 Å². The van der Waals surface area contributed by atoms with Gasteiger partial charge in [0.15, 0.2) is 0 Å². The molecule has 0 spiro atoms. The summed E-state index contributed by atoms with van der Waals surface area (Å²) in [6, 6.07) is 18.4. The molecule has 1 saturated heterocycles. The Labute approximate surface area is 149 Å². The van der Waals surface area contributed by atoms with Crippen molar-refractivity contribution in [2.45, 2.75) is 22.3 Å². The summed E-state index contributed by atoms with van der Waals surface area (Å²) in [6.07, 6.45) is 1.13. The minimum Gasteiger partial charge on any atom is -0.304 e. The first-order valence-corrected chi connectivity index (χ1v) is 8.90. The van der Waals surface area contributed by atoms with Gasteiger partial charge in [0.1, 0.15) is 0 Å². The van der Waals surface area contributed by atoms with Crippen molar-refractivity contribution >= 4 is 24.2 Å². The number of fused-ring (bicyclic) bond motifs is 2. The maximum absolute atomic E-state index is 2.68. The fraction of sp³-hybridized carbons (Fsp3) is 0.368. The molecule has 0 N–H and O–H groups in total. The van der Waals surface area contributed by atoms with Crippen LogP contribution in [0.25, 0.3) is 0 Å². The van der Waals surface area contributed by atoms with Crippen molar-refractivity contribution in [2.75, 3.05) is 33.2 Å². The zero-order valence-electron chi connectivity index (χ0n) is 13.4. The lowest BCUT2D eigenvalue weighted by atomic mass is 9.97. The van der Waals surface area contributed by atoms with Crippen LogP contribution in [-0.4, -0.2) is 43.0 Å². The number of halogens is 1. The topological polar surface area (TPSA) is 6.48 Å². The van der Waals surface area contributed by atoms with Crippen molar-refractivity contribution in [3.05, 3.63) is 59.7 Å². The molecule has 4 heteroatoms. The van der Waals surface area contributed by atoms with Gasteiger partial charge in [-0.1, -0.05) is 48.2 Å². The fourth-order valence-electron chi connectivity index (χ4n) is 3.52. The second-order valence-corrected chi connectivity index (χ2v) is 7.39. The highest BCUT2D eigenvalue weighted by atomic mass is 35.5. The Hall–Kier alpha value is -1.00. The standard InChI is InChI=1S/C19H22N2S.ClH/c1-20-10-12-21(13-11-20)17-14-15-6-2-4-8-18(15)22-19-9-5-3-7-16(17)19;/h2-9,17H,10-14H2,1H3;1H. The van der Waals surface area contributed by atoms with Gasteiger partial charge >= 0.3 is 0 Å². The fourth-order valence-corrected chi connectivity index (χ4v) is 4.65. The van der Waals surface area contributed by atoms with Crippen LogP contribution >= 0.6 is 24.2 Å². The molecule has 1 fully saturated rings. The van der Waals surface area contributed by atoms with E-state index in [2.05, 4.69) is 65.4 Å². The van der Waals surface area contributed by atoms with Gasteiger partial charge in [-0.3, -0.25) is 4.90 Å². The van der Waals surface area contributed by atoms with Crippen molar-refractivity contribution in [3.8, 4) is 0 Å². The van der Waals surface area contributed by atoms with Gasteiger partial charge in [0.05, 0.1) is 0 Å². The van der Waals surface area contributed by atoms with Gasteiger partial charge in [-0.2, -0.15) is 0 Å². The van der Waals surface area contributed by atoms with Crippen molar-refractivity contribution < 1.29 is 0 Å². The van der Waals surface area contributed by atoms with E-state index in [4.69, 9.17) is 0 Å². The van der Waals surface area contributed by atoms with Crippen LogP contribution in [0.15, 0.2) is 58.3 Å². The summed E-state index contributed by atoms with van der Waals surface area (Å²) in [7, 11) is 2.23. The molecule has 0 aliphatic carbocycles. The average molecular weight is 347 g/mol. The number of hydrogen-bond donors (Lipinski definition) is 0. The quantitative estimate of drug-likeness (QED) is 0.767. The summed E-state index contributed by atoms with van der Waals surface area (Å²) in [5.41, 5.74) is 3.00. The molecule has 2 heterocycles. The molecule has 1 atom stereocenters. The summed E-state index contributed by atoms with van der Waals surface area (Å²) in [5, 5.41) is 0. The Morgan fingerprint density at radius 3 is 2.30 bits per heavy atom. The van der Waals surface area contributed by atoms with Gasteiger partial charge in [-0.05, 0) is 36.7 Å². The summed E-state index contributed by atoms with van der Waals surface area (Å²) < 4.78 is 0. The second-order valence-electron chi connectivity index (χ2n) is 6.31. The molecule has 1 unspecified atom stereocenters. The molecule has 0 radical (unpaired) electrons. The summed E-state index contributed by atoms with van der Waals surface area (Å²) in [4.78, 5) is 7.96. The summed E-state index contributed by atoms with van der Waals surface area (Å²) >= 11 is 1.93. The van der Waals surface area contributed by atoms with Crippen LogP contribution in [0.2, 0.25) is 0 Å². The Kier molecular flexibility index (Phi) is 5.32. The molecule has 2 aromatic carbocycles. The van der Waals surface area contributed by atoms with E-state index in [1.165, 1.54) is 47.1 Å². The third-order valence-electron chi connectivity index (χ3n) is 4.86. The minimum absolute atomic E-state index is 0. The number of benzene rings is 2. The molecule has 2 aromatic rings. The molecule has 0 saturated carbocycles. The van der Waals surface area contributed by atoms with Crippen LogP contribution in [-0.2, 0) is 6.42 Å². The molecule has 2 aliphatic rings. The lowest BCUT2D eigenvalue weighted by Gasteiger charge is -2.38. The molecule has 0 bridgehead atoms. The molecule has 2 aliphatic heterocycles. The average Bonchev–Trinajstić information content (AvgIpc) is 2.72. The number of nitrogens with zero attached hydrogens (tertiary/aromatic N) is 2. The monoisotopic (exact) mass is 346 g/mol. The van der Waals surface area contributed by atoms with Gasteiger partial charge in [-0.15, -0.1) is 12.4 Å². The van der Waals surface area contributed by atoms with Crippen LogP contribution in [0.5, 0.6) is 0 Å². The van der Waals surface area contributed by atoms with E-state index in [0.717, 1.165) is 6.42 Å². The van der Waals surface area contributed by atoms with Crippen LogP contribution in [0, 0.1) is 0 Å². The molecule has 0 aromatic heterocycles. The highest BCUT2D eigenvalue weighted by Gasteiger charge is 2.28. The Bertz CT molecular complexity index is 668. The van der Waals surface area contributed by atoms with E-state index in [9.17, 15) is 0 Å². The van der Waals surface area contributed by atoms with Gasteiger partial charge in [0.25, 0.3) is 0 Å². The van der Waals surface area contributed by atoms with E-state index >= 15 is 0 Å². The van der Waals surface area contributed by atoms with E-state index in [0.29, 0.717) is 6.04 Å². The predicted octanol–water partition coefficient (Wildman–Crippen LogP) is 4.10. The van der Waals surface area contributed by atoms with E-state index in [1.54, 1.807) is 0 Å². The van der Waals surface area contributed by atoms with Crippen molar-refractivity contribution in [1.82, 2.24) is 9.80 Å². The lowest BCUT2D eigenvalue weighted by Crippen LogP contribution is -2.46. The third-order valence-corrected chi connectivity index (χ3v) is 6.07. The Morgan fingerprint density at radius 2 is 1.52 bits per heavy atom. The van der Waals surface area contributed by atoms with Gasteiger partial charge in [0.2, 0.25) is 0 Å². The van der Waals surface area contributed by atoms with Crippen LogP contribution in [0.3, 0.4) is 0 Å². The SMILES string of the molecule is CN1CCN(C2Cc3ccccc3Sc3ccccc32)CC1.Cl.